The maximum atomic E-state index is 6.29. The van der Waals surface area contributed by atoms with E-state index in [-0.39, 0.29) is 0 Å². The first-order valence-corrected chi connectivity index (χ1v) is 9.70. The molecule has 0 saturated carbocycles. The van der Waals surface area contributed by atoms with Crippen molar-refractivity contribution in [2.45, 2.75) is 29.2 Å². The summed E-state index contributed by atoms with van der Waals surface area (Å²) in [5.41, 5.74) is 1.27. The van der Waals surface area contributed by atoms with Gasteiger partial charge in [0.05, 0.1) is 10.0 Å². The summed E-state index contributed by atoms with van der Waals surface area (Å²) >= 11 is 14.2. The summed E-state index contributed by atoms with van der Waals surface area (Å²) in [6.07, 6.45) is 2.40. The van der Waals surface area contributed by atoms with Gasteiger partial charge in [0.2, 0.25) is 0 Å². The summed E-state index contributed by atoms with van der Waals surface area (Å²) in [6, 6.07) is 14.0. The number of nitrogens with zero attached hydrogens (tertiary/aromatic N) is 1. The van der Waals surface area contributed by atoms with E-state index in [0.29, 0.717) is 10.0 Å². The number of benzene rings is 2. The van der Waals surface area contributed by atoms with Crippen LogP contribution in [0.15, 0.2) is 52.3 Å². The molecule has 5 heteroatoms. The van der Waals surface area contributed by atoms with Crippen molar-refractivity contribution in [3.8, 4) is 0 Å². The molecule has 0 unspecified atom stereocenters. The molecule has 0 aliphatic rings. The maximum absolute atomic E-state index is 6.29. The third-order valence-electron chi connectivity index (χ3n) is 3.63. The van der Waals surface area contributed by atoms with Crippen LogP contribution in [0, 0.1) is 0 Å². The van der Waals surface area contributed by atoms with Crippen molar-refractivity contribution in [3.63, 3.8) is 0 Å². The molecule has 130 valence electrons. The number of halogens is 2. The molecule has 2 rings (SSSR count). The molecule has 0 radical (unpaired) electrons. The van der Waals surface area contributed by atoms with Crippen molar-refractivity contribution in [1.29, 1.82) is 0 Å². The second-order valence-corrected chi connectivity index (χ2v) is 7.81. The Morgan fingerprint density at radius 3 is 2.38 bits per heavy atom. The lowest BCUT2D eigenvalue weighted by Crippen LogP contribution is -2.18. The molecular formula is C19H24Cl2N2S. The molecule has 1 N–H and O–H groups in total. The monoisotopic (exact) mass is 382 g/mol. The molecule has 0 heterocycles. The molecule has 0 aromatic heterocycles. The number of unbranched alkanes of at least 4 members (excludes halogenated alkanes) is 1. The number of nitrogens with one attached hydrogen (secondary N) is 1. The van der Waals surface area contributed by atoms with E-state index in [9.17, 15) is 0 Å². The van der Waals surface area contributed by atoms with Gasteiger partial charge in [-0.1, -0.05) is 59.2 Å². The normalized spacial score (nSPS) is 11.2. The largest absolute Gasteiger partial charge is 0.313 e. The summed E-state index contributed by atoms with van der Waals surface area (Å²) in [5.74, 6) is 0. The maximum Gasteiger partial charge on any atom is 0.0560 e. The Hall–Kier alpha value is -0.710. The van der Waals surface area contributed by atoms with Crippen molar-refractivity contribution >= 4 is 35.0 Å². The average molecular weight is 383 g/mol. The van der Waals surface area contributed by atoms with Gasteiger partial charge in [0.1, 0.15) is 0 Å². The molecule has 24 heavy (non-hydrogen) atoms. The summed E-state index contributed by atoms with van der Waals surface area (Å²) in [7, 11) is 4.22. The zero-order valence-corrected chi connectivity index (χ0v) is 16.5. The van der Waals surface area contributed by atoms with Gasteiger partial charge in [-0.2, -0.15) is 0 Å². The fourth-order valence-corrected chi connectivity index (χ4v) is 3.94. The lowest BCUT2D eigenvalue weighted by molar-refractivity contribution is 0.391. The minimum absolute atomic E-state index is 0.693. The lowest BCUT2D eigenvalue weighted by atomic mass is 10.2. The molecule has 0 aliphatic carbocycles. The van der Waals surface area contributed by atoms with E-state index < -0.39 is 0 Å². The summed E-state index contributed by atoms with van der Waals surface area (Å²) in [5, 5.41) is 4.92. The number of hydrogen-bond donors (Lipinski definition) is 1. The van der Waals surface area contributed by atoms with Crippen LogP contribution >= 0.6 is 35.0 Å². The van der Waals surface area contributed by atoms with Gasteiger partial charge in [-0.3, -0.25) is 0 Å². The van der Waals surface area contributed by atoms with Gasteiger partial charge in [0, 0.05) is 16.3 Å². The zero-order chi connectivity index (χ0) is 17.4. The van der Waals surface area contributed by atoms with Crippen LogP contribution in [0.25, 0.3) is 0 Å². The Balaban J connectivity index is 1.93. The quantitative estimate of drug-likeness (QED) is 0.570. The lowest BCUT2D eigenvalue weighted by Gasteiger charge is -2.13. The van der Waals surface area contributed by atoms with E-state index in [0.717, 1.165) is 24.5 Å². The van der Waals surface area contributed by atoms with Crippen LogP contribution in [0.1, 0.15) is 18.4 Å². The van der Waals surface area contributed by atoms with Gasteiger partial charge in [-0.05, 0) is 63.8 Å². The van der Waals surface area contributed by atoms with Gasteiger partial charge in [-0.25, -0.2) is 0 Å². The first-order chi connectivity index (χ1) is 11.6. The average Bonchev–Trinajstić information content (AvgIpc) is 2.55. The van der Waals surface area contributed by atoms with Crippen LogP contribution in [0.5, 0.6) is 0 Å². The highest BCUT2D eigenvalue weighted by molar-refractivity contribution is 7.99. The van der Waals surface area contributed by atoms with E-state index in [2.05, 4.69) is 42.5 Å². The van der Waals surface area contributed by atoms with Gasteiger partial charge in [0.25, 0.3) is 0 Å². The van der Waals surface area contributed by atoms with Crippen molar-refractivity contribution in [3.05, 3.63) is 58.1 Å². The summed E-state index contributed by atoms with van der Waals surface area (Å²) < 4.78 is 0. The van der Waals surface area contributed by atoms with Crippen molar-refractivity contribution in [2.24, 2.45) is 0 Å². The van der Waals surface area contributed by atoms with Crippen LogP contribution in [0.3, 0.4) is 0 Å². The second-order valence-electron chi connectivity index (χ2n) is 5.95. The van der Waals surface area contributed by atoms with E-state index in [1.807, 2.05) is 24.3 Å². The van der Waals surface area contributed by atoms with Gasteiger partial charge >= 0.3 is 0 Å². The Labute approximate surface area is 159 Å². The zero-order valence-electron chi connectivity index (χ0n) is 14.2. The second kappa shape index (κ2) is 10.3. The highest BCUT2D eigenvalue weighted by atomic mass is 35.5. The van der Waals surface area contributed by atoms with Crippen LogP contribution in [-0.4, -0.2) is 32.1 Å². The molecule has 0 aliphatic heterocycles. The Kier molecular flexibility index (Phi) is 8.43. The molecule has 2 aromatic rings. The smallest absolute Gasteiger partial charge is 0.0560 e. The molecule has 0 fully saturated rings. The van der Waals surface area contributed by atoms with E-state index in [4.69, 9.17) is 23.2 Å². The molecule has 0 saturated heterocycles. The van der Waals surface area contributed by atoms with Crippen LogP contribution in [-0.2, 0) is 6.54 Å². The Morgan fingerprint density at radius 2 is 1.67 bits per heavy atom. The SMILES string of the molecule is CN(C)CCCCNCc1ccccc1Sc1c(Cl)cccc1Cl. The minimum Gasteiger partial charge on any atom is -0.313 e. The molecule has 0 bridgehead atoms. The summed E-state index contributed by atoms with van der Waals surface area (Å²) in [4.78, 5) is 4.33. The standard InChI is InChI=1S/C19H24Cl2N2S/c1-23(2)13-6-5-12-22-14-15-8-3-4-11-18(15)24-19-16(20)9-7-10-17(19)21/h3-4,7-11,22H,5-6,12-14H2,1-2H3. The third kappa shape index (κ3) is 6.30. The van der Waals surface area contributed by atoms with Crippen LogP contribution < -0.4 is 5.32 Å². The minimum atomic E-state index is 0.693. The first-order valence-electron chi connectivity index (χ1n) is 8.13. The summed E-state index contributed by atoms with van der Waals surface area (Å²) in [6.45, 7) is 3.02. The van der Waals surface area contributed by atoms with Gasteiger partial charge in [0.15, 0.2) is 0 Å². The number of hydrogen-bond acceptors (Lipinski definition) is 3. The van der Waals surface area contributed by atoms with E-state index >= 15 is 0 Å². The fourth-order valence-electron chi connectivity index (χ4n) is 2.34. The molecule has 0 amide bonds. The molecule has 0 atom stereocenters. The van der Waals surface area contributed by atoms with E-state index in [1.54, 1.807) is 11.8 Å². The van der Waals surface area contributed by atoms with Crippen LogP contribution in [0.4, 0.5) is 0 Å². The topological polar surface area (TPSA) is 15.3 Å². The van der Waals surface area contributed by atoms with Gasteiger partial charge in [-0.15, -0.1) is 0 Å². The van der Waals surface area contributed by atoms with E-state index in [1.165, 1.54) is 23.3 Å². The highest BCUT2D eigenvalue weighted by Crippen LogP contribution is 2.39. The number of rotatable bonds is 9. The Morgan fingerprint density at radius 1 is 0.958 bits per heavy atom. The predicted molar refractivity (Wildman–Crippen MR) is 107 cm³/mol. The Bertz CT molecular complexity index is 627. The molecular weight excluding hydrogens is 359 g/mol. The van der Waals surface area contributed by atoms with Crippen molar-refractivity contribution < 1.29 is 0 Å². The van der Waals surface area contributed by atoms with Crippen molar-refractivity contribution in [1.82, 2.24) is 10.2 Å². The molecule has 2 aromatic carbocycles. The first kappa shape index (κ1) is 19.6. The fraction of sp³-hybridized carbons (Fsp3) is 0.368. The highest BCUT2D eigenvalue weighted by Gasteiger charge is 2.10. The predicted octanol–water partition coefficient (Wildman–Crippen LogP) is 5.58. The molecule has 0 spiro atoms. The van der Waals surface area contributed by atoms with Crippen molar-refractivity contribution in [2.75, 3.05) is 27.2 Å². The molecule has 2 nitrogen and oxygen atoms in total. The third-order valence-corrected chi connectivity index (χ3v) is 5.74. The van der Waals surface area contributed by atoms with Gasteiger partial charge < -0.3 is 10.2 Å². The van der Waals surface area contributed by atoms with Crippen LogP contribution in [0.2, 0.25) is 10.0 Å².